The summed E-state index contributed by atoms with van der Waals surface area (Å²) in [5.41, 5.74) is 4.00. The van der Waals surface area contributed by atoms with Crippen LogP contribution in [-0.2, 0) is 9.59 Å². The van der Waals surface area contributed by atoms with Crippen molar-refractivity contribution in [2.75, 3.05) is 24.5 Å². The Bertz CT molecular complexity index is 1020. The number of rotatable bonds is 3. The molecule has 2 aromatic carbocycles. The molecule has 28 heavy (non-hydrogen) atoms. The number of hydrogen-bond acceptors (Lipinski definition) is 3. The van der Waals surface area contributed by atoms with Gasteiger partial charge in [0.1, 0.15) is 5.82 Å². The van der Waals surface area contributed by atoms with Gasteiger partial charge >= 0.3 is 0 Å². The maximum absolute atomic E-state index is 12.9. The van der Waals surface area contributed by atoms with Crippen LogP contribution in [0.5, 0.6) is 0 Å². The monoisotopic (exact) mass is 374 g/mol. The minimum atomic E-state index is -0.259. The van der Waals surface area contributed by atoms with E-state index in [1.54, 1.807) is 4.90 Å². The second-order valence-corrected chi connectivity index (χ2v) is 7.82. The van der Waals surface area contributed by atoms with Crippen molar-refractivity contribution >= 4 is 28.5 Å². The minimum Gasteiger partial charge on any atom is -0.342 e. The largest absolute Gasteiger partial charge is 0.342 e. The van der Waals surface area contributed by atoms with Gasteiger partial charge in [-0.3, -0.25) is 9.59 Å². The van der Waals surface area contributed by atoms with Crippen molar-refractivity contribution in [2.45, 2.75) is 19.3 Å². The smallest absolute Gasteiger partial charge is 0.228 e. The lowest BCUT2D eigenvalue weighted by Crippen LogP contribution is -2.51. The number of nitrogens with zero attached hydrogens (tertiary/aromatic N) is 3. The Labute approximate surface area is 163 Å². The molecular formula is C22H22N4O2. The molecule has 6 heteroatoms. The number of fused-ring (bicyclic) bond motifs is 1. The lowest BCUT2D eigenvalue weighted by molar-refractivity contribution is -0.140. The van der Waals surface area contributed by atoms with Crippen LogP contribution in [0.2, 0.25) is 0 Å². The number of carbonyl (C=O) groups is 2. The van der Waals surface area contributed by atoms with Gasteiger partial charge < -0.3 is 14.8 Å². The predicted molar refractivity (Wildman–Crippen MR) is 107 cm³/mol. The van der Waals surface area contributed by atoms with E-state index >= 15 is 0 Å². The van der Waals surface area contributed by atoms with Gasteiger partial charge in [0.15, 0.2) is 0 Å². The van der Waals surface area contributed by atoms with Crippen LogP contribution < -0.4 is 4.90 Å². The van der Waals surface area contributed by atoms with E-state index in [-0.39, 0.29) is 23.7 Å². The topological polar surface area (TPSA) is 69.3 Å². The quantitative estimate of drug-likeness (QED) is 0.766. The van der Waals surface area contributed by atoms with E-state index in [1.807, 2.05) is 60.4 Å². The summed E-state index contributed by atoms with van der Waals surface area (Å²) in [6.45, 7) is 3.80. The summed E-state index contributed by atoms with van der Waals surface area (Å²) in [5, 5.41) is 0. The number of carbonyl (C=O) groups excluding carboxylic acids is 2. The molecule has 1 aromatic heterocycles. The van der Waals surface area contributed by atoms with Gasteiger partial charge in [-0.15, -0.1) is 0 Å². The average Bonchev–Trinajstić information content (AvgIpc) is 3.24. The summed E-state index contributed by atoms with van der Waals surface area (Å²) in [4.78, 5) is 36.9. The lowest BCUT2D eigenvalue weighted by Gasteiger charge is -2.39. The molecule has 2 aliphatic rings. The number of amides is 2. The van der Waals surface area contributed by atoms with E-state index in [0.717, 1.165) is 28.1 Å². The van der Waals surface area contributed by atoms with Crippen LogP contribution in [0.3, 0.4) is 0 Å². The molecule has 1 unspecified atom stereocenters. The molecule has 0 saturated carbocycles. The summed E-state index contributed by atoms with van der Waals surface area (Å²) in [6.07, 6.45) is 0.290. The first-order chi connectivity index (χ1) is 13.6. The number of nitrogens with one attached hydrogen (secondary N) is 1. The first kappa shape index (κ1) is 17.0. The zero-order valence-corrected chi connectivity index (χ0v) is 15.8. The van der Waals surface area contributed by atoms with Gasteiger partial charge in [0.25, 0.3) is 0 Å². The summed E-state index contributed by atoms with van der Waals surface area (Å²) < 4.78 is 0. The molecule has 3 heterocycles. The van der Waals surface area contributed by atoms with Gasteiger partial charge in [0.05, 0.1) is 22.9 Å². The Hall–Kier alpha value is -3.15. The van der Waals surface area contributed by atoms with Crippen molar-refractivity contribution in [2.24, 2.45) is 5.92 Å². The van der Waals surface area contributed by atoms with E-state index < -0.39 is 0 Å². The first-order valence-corrected chi connectivity index (χ1v) is 9.69. The predicted octanol–water partition coefficient (Wildman–Crippen LogP) is 2.85. The minimum absolute atomic E-state index is 0.0246. The van der Waals surface area contributed by atoms with Crippen molar-refractivity contribution in [3.05, 3.63) is 59.9 Å². The van der Waals surface area contributed by atoms with Crippen molar-refractivity contribution in [3.8, 4) is 0 Å². The Morgan fingerprint density at radius 1 is 1.07 bits per heavy atom. The van der Waals surface area contributed by atoms with Crippen LogP contribution >= 0.6 is 0 Å². The number of benzene rings is 2. The van der Waals surface area contributed by atoms with Crippen molar-refractivity contribution < 1.29 is 9.59 Å². The molecule has 2 saturated heterocycles. The van der Waals surface area contributed by atoms with E-state index in [2.05, 4.69) is 9.97 Å². The fourth-order valence-corrected chi connectivity index (χ4v) is 4.10. The van der Waals surface area contributed by atoms with E-state index in [4.69, 9.17) is 0 Å². The van der Waals surface area contributed by atoms with Crippen molar-refractivity contribution in [1.29, 1.82) is 0 Å². The second-order valence-electron chi connectivity index (χ2n) is 7.82. The van der Waals surface area contributed by atoms with Crippen LogP contribution in [0.25, 0.3) is 11.0 Å². The van der Waals surface area contributed by atoms with Crippen LogP contribution in [0.4, 0.5) is 5.69 Å². The van der Waals surface area contributed by atoms with Gasteiger partial charge in [0, 0.05) is 31.7 Å². The summed E-state index contributed by atoms with van der Waals surface area (Å²) >= 11 is 0. The normalized spacial score (nSPS) is 20.0. The SMILES string of the molecule is Cc1ccc(N2CC(C(=O)N3CC(c4nc5ccccc5[nH]4)C3)CC2=O)cc1. The third-order valence-corrected chi connectivity index (χ3v) is 5.81. The number of imidazole rings is 1. The molecule has 142 valence electrons. The van der Waals surface area contributed by atoms with Gasteiger partial charge in [-0.25, -0.2) is 4.98 Å². The number of aromatic nitrogens is 2. The first-order valence-electron chi connectivity index (χ1n) is 9.69. The number of anilines is 1. The van der Waals surface area contributed by atoms with Gasteiger partial charge in [0.2, 0.25) is 11.8 Å². The van der Waals surface area contributed by atoms with Crippen LogP contribution in [0.1, 0.15) is 23.7 Å². The number of aryl methyl sites for hydroxylation is 1. The average molecular weight is 374 g/mol. The molecule has 1 N–H and O–H groups in total. The highest BCUT2D eigenvalue weighted by Crippen LogP contribution is 2.31. The standard InChI is InChI=1S/C22H22N4O2/c1-14-6-8-17(9-7-14)26-13-15(10-20(26)27)22(28)25-11-16(12-25)21-23-18-4-2-3-5-19(18)24-21/h2-9,15-16H,10-13H2,1H3,(H,23,24). The molecule has 3 aromatic rings. The maximum atomic E-state index is 12.9. The van der Waals surface area contributed by atoms with Crippen molar-refractivity contribution in [3.63, 3.8) is 0 Å². The summed E-state index contributed by atoms with van der Waals surface area (Å²) in [7, 11) is 0. The number of aromatic amines is 1. The van der Waals surface area contributed by atoms with Crippen LogP contribution in [0, 0.1) is 12.8 Å². The molecular weight excluding hydrogens is 352 g/mol. The molecule has 2 aliphatic heterocycles. The fraction of sp³-hybridized carbons (Fsp3) is 0.318. The number of likely N-dealkylation sites (tertiary alicyclic amines) is 1. The molecule has 0 spiro atoms. The Morgan fingerprint density at radius 3 is 2.57 bits per heavy atom. The van der Waals surface area contributed by atoms with Crippen LogP contribution in [-0.4, -0.2) is 46.3 Å². The molecule has 2 amide bonds. The van der Waals surface area contributed by atoms with E-state index in [0.29, 0.717) is 26.1 Å². The van der Waals surface area contributed by atoms with Gasteiger partial charge in [-0.05, 0) is 31.2 Å². The molecule has 6 nitrogen and oxygen atoms in total. The molecule has 5 rings (SSSR count). The number of H-pyrrole nitrogens is 1. The molecule has 0 aliphatic carbocycles. The highest BCUT2D eigenvalue weighted by molar-refractivity contribution is 6.00. The highest BCUT2D eigenvalue weighted by Gasteiger charge is 2.41. The Kier molecular flexibility index (Phi) is 3.93. The third-order valence-electron chi connectivity index (χ3n) is 5.81. The lowest BCUT2D eigenvalue weighted by atomic mass is 9.96. The highest BCUT2D eigenvalue weighted by atomic mass is 16.2. The third kappa shape index (κ3) is 2.85. The van der Waals surface area contributed by atoms with Crippen molar-refractivity contribution in [1.82, 2.24) is 14.9 Å². The second kappa shape index (κ2) is 6.48. The molecule has 2 fully saturated rings. The van der Waals surface area contributed by atoms with E-state index in [9.17, 15) is 9.59 Å². The fourth-order valence-electron chi connectivity index (χ4n) is 4.10. The Balaban J connectivity index is 1.23. The summed E-state index contributed by atoms with van der Waals surface area (Å²) in [6, 6.07) is 15.8. The Morgan fingerprint density at radius 2 is 1.82 bits per heavy atom. The van der Waals surface area contributed by atoms with E-state index in [1.165, 1.54) is 0 Å². The molecule has 1 atom stereocenters. The maximum Gasteiger partial charge on any atom is 0.228 e. The molecule has 0 radical (unpaired) electrons. The zero-order valence-electron chi connectivity index (χ0n) is 15.8. The molecule has 0 bridgehead atoms. The zero-order chi connectivity index (χ0) is 19.3. The summed E-state index contributed by atoms with van der Waals surface area (Å²) in [5.74, 6) is 1.02. The van der Waals surface area contributed by atoms with Gasteiger partial charge in [-0.1, -0.05) is 29.8 Å². The van der Waals surface area contributed by atoms with Crippen LogP contribution in [0.15, 0.2) is 48.5 Å². The number of para-hydroxylation sites is 2. The number of hydrogen-bond donors (Lipinski definition) is 1. The van der Waals surface area contributed by atoms with Gasteiger partial charge in [-0.2, -0.15) is 0 Å².